The van der Waals surface area contributed by atoms with Crippen molar-refractivity contribution in [2.45, 2.75) is 24.6 Å². The van der Waals surface area contributed by atoms with E-state index in [2.05, 4.69) is 0 Å². The molecule has 1 saturated carbocycles. The number of hydrogen-bond donors (Lipinski definition) is 1. The topological polar surface area (TPSA) is 44.5 Å². The van der Waals surface area contributed by atoms with Crippen LogP contribution in [0, 0.1) is 5.92 Å². The van der Waals surface area contributed by atoms with E-state index in [9.17, 15) is 13.2 Å². The first-order chi connectivity index (χ1) is 8.80. The second kappa shape index (κ2) is 4.59. The number of methoxy groups -OCH3 is 2. The van der Waals surface area contributed by atoms with Gasteiger partial charge in [0.1, 0.15) is 0 Å². The Bertz CT molecular complexity index is 475. The van der Waals surface area contributed by atoms with E-state index in [-0.39, 0.29) is 12.8 Å². The molecule has 0 bridgehead atoms. The standard InChI is InChI=1S/C13H16F3NO2/c1-18-9-4-3-8(5-10(9)19-2)6-12(17)7-11(12)13(14,15)16/h3-5,11H,6-7,17H2,1-2H3. The first-order valence-corrected chi connectivity index (χ1v) is 5.86. The molecule has 2 unspecified atom stereocenters. The first kappa shape index (κ1) is 14.0. The minimum absolute atomic E-state index is 0.0230. The van der Waals surface area contributed by atoms with Crippen LogP contribution in [0.15, 0.2) is 18.2 Å². The van der Waals surface area contributed by atoms with Gasteiger partial charge in [-0.2, -0.15) is 13.2 Å². The zero-order chi connectivity index (χ0) is 14.3. The number of hydrogen-bond acceptors (Lipinski definition) is 3. The first-order valence-electron chi connectivity index (χ1n) is 5.86. The maximum atomic E-state index is 12.6. The smallest absolute Gasteiger partial charge is 0.393 e. The van der Waals surface area contributed by atoms with E-state index in [4.69, 9.17) is 15.2 Å². The normalized spacial score (nSPS) is 26.1. The van der Waals surface area contributed by atoms with Crippen LogP contribution in [-0.4, -0.2) is 25.9 Å². The number of rotatable bonds is 4. The lowest BCUT2D eigenvalue weighted by molar-refractivity contribution is -0.152. The molecular weight excluding hydrogens is 259 g/mol. The van der Waals surface area contributed by atoms with E-state index in [1.165, 1.54) is 14.2 Å². The van der Waals surface area contributed by atoms with Gasteiger partial charge in [-0.15, -0.1) is 0 Å². The minimum atomic E-state index is -4.22. The average Bonchev–Trinajstić information content (AvgIpc) is 3.01. The molecule has 1 aromatic carbocycles. The maximum absolute atomic E-state index is 12.6. The van der Waals surface area contributed by atoms with E-state index >= 15 is 0 Å². The molecule has 106 valence electrons. The molecule has 3 nitrogen and oxygen atoms in total. The zero-order valence-electron chi connectivity index (χ0n) is 10.8. The van der Waals surface area contributed by atoms with Gasteiger partial charge in [-0.25, -0.2) is 0 Å². The Balaban J connectivity index is 2.13. The van der Waals surface area contributed by atoms with Crippen molar-refractivity contribution in [1.29, 1.82) is 0 Å². The van der Waals surface area contributed by atoms with Crippen molar-refractivity contribution in [3.8, 4) is 11.5 Å². The van der Waals surface area contributed by atoms with Crippen molar-refractivity contribution < 1.29 is 22.6 Å². The maximum Gasteiger partial charge on any atom is 0.393 e. The van der Waals surface area contributed by atoms with Crippen LogP contribution in [0.25, 0.3) is 0 Å². The molecule has 0 radical (unpaired) electrons. The SMILES string of the molecule is COc1ccc(CC2(N)CC2C(F)(F)F)cc1OC. The van der Waals surface area contributed by atoms with Crippen LogP contribution in [0.3, 0.4) is 0 Å². The monoisotopic (exact) mass is 275 g/mol. The molecular formula is C13H16F3NO2. The van der Waals surface area contributed by atoms with Gasteiger partial charge in [0, 0.05) is 5.54 Å². The predicted octanol–water partition coefficient (Wildman–Crippen LogP) is 2.53. The van der Waals surface area contributed by atoms with Crippen molar-refractivity contribution in [1.82, 2.24) is 0 Å². The molecule has 0 spiro atoms. The fraction of sp³-hybridized carbons (Fsp3) is 0.538. The van der Waals surface area contributed by atoms with Crippen LogP contribution in [0.4, 0.5) is 13.2 Å². The summed E-state index contributed by atoms with van der Waals surface area (Å²) in [5.74, 6) is -0.374. The minimum Gasteiger partial charge on any atom is -0.493 e. The number of nitrogens with two attached hydrogens (primary N) is 1. The van der Waals surface area contributed by atoms with Gasteiger partial charge in [-0.05, 0) is 30.5 Å². The Labute approximate surface area is 109 Å². The highest BCUT2D eigenvalue weighted by Gasteiger charge is 2.64. The highest BCUT2D eigenvalue weighted by Crippen LogP contribution is 2.53. The van der Waals surface area contributed by atoms with E-state index in [0.717, 1.165) is 0 Å². The molecule has 0 amide bonds. The highest BCUT2D eigenvalue weighted by atomic mass is 19.4. The fourth-order valence-electron chi connectivity index (χ4n) is 2.33. The number of alkyl halides is 3. The van der Waals surface area contributed by atoms with Gasteiger partial charge in [0.2, 0.25) is 0 Å². The van der Waals surface area contributed by atoms with Gasteiger partial charge in [0.15, 0.2) is 11.5 Å². The molecule has 1 fully saturated rings. The second-order valence-corrected chi connectivity index (χ2v) is 4.90. The van der Waals surface area contributed by atoms with Crippen LogP contribution in [0.5, 0.6) is 11.5 Å². The van der Waals surface area contributed by atoms with Crippen molar-refractivity contribution in [2.24, 2.45) is 11.7 Å². The Kier molecular flexibility index (Phi) is 3.38. The van der Waals surface area contributed by atoms with Gasteiger partial charge in [-0.1, -0.05) is 6.07 Å². The molecule has 1 aliphatic rings. The Morgan fingerprint density at radius 2 is 1.89 bits per heavy atom. The van der Waals surface area contributed by atoms with Gasteiger partial charge in [-0.3, -0.25) is 0 Å². The number of benzene rings is 1. The predicted molar refractivity (Wildman–Crippen MR) is 64.3 cm³/mol. The number of halogens is 3. The van der Waals surface area contributed by atoms with E-state index in [0.29, 0.717) is 17.1 Å². The molecule has 0 heterocycles. The molecule has 2 rings (SSSR count). The third kappa shape index (κ3) is 2.78. The molecule has 1 aliphatic carbocycles. The Morgan fingerprint density at radius 1 is 1.26 bits per heavy atom. The van der Waals surface area contributed by atoms with Gasteiger partial charge in [0.05, 0.1) is 20.1 Å². The van der Waals surface area contributed by atoms with Crippen LogP contribution >= 0.6 is 0 Å². The molecule has 0 saturated heterocycles. The summed E-state index contributed by atoms with van der Waals surface area (Å²) >= 11 is 0. The van der Waals surface area contributed by atoms with E-state index in [1.807, 2.05) is 0 Å². The van der Waals surface area contributed by atoms with Crippen molar-refractivity contribution >= 4 is 0 Å². The Hall–Kier alpha value is -1.43. The fourth-order valence-corrected chi connectivity index (χ4v) is 2.33. The summed E-state index contributed by atoms with van der Waals surface area (Å²) < 4.78 is 47.9. The van der Waals surface area contributed by atoms with Gasteiger partial charge >= 0.3 is 6.18 Å². The molecule has 2 N–H and O–H groups in total. The van der Waals surface area contributed by atoms with E-state index < -0.39 is 17.6 Å². The third-order valence-corrected chi connectivity index (χ3v) is 3.49. The lowest BCUT2D eigenvalue weighted by Gasteiger charge is -2.15. The largest absolute Gasteiger partial charge is 0.493 e. The summed E-state index contributed by atoms with van der Waals surface area (Å²) in [6.45, 7) is 0. The molecule has 1 aromatic rings. The molecule has 0 aliphatic heterocycles. The summed E-state index contributed by atoms with van der Waals surface area (Å²) in [6, 6.07) is 5.05. The second-order valence-electron chi connectivity index (χ2n) is 4.90. The summed E-state index contributed by atoms with van der Waals surface area (Å²) in [4.78, 5) is 0. The molecule has 2 atom stereocenters. The quantitative estimate of drug-likeness (QED) is 0.918. The van der Waals surface area contributed by atoms with Crippen molar-refractivity contribution in [2.75, 3.05) is 14.2 Å². The molecule has 6 heteroatoms. The van der Waals surface area contributed by atoms with Crippen LogP contribution in [0.1, 0.15) is 12.0 Å². The Morgan fingerprint density at radius 3 is 2.37 bits per heavy atom. The summed E-state index contributed by atoms with van der Waals surface area (Å²) in [6.07, 6.45) is -4.06. The van der Waals surface area contributed by atoms with Crippen LogP contribution in [-0.2, 0) is 6.42 Å². The molecule has 0 aromatic heterocycles. The summed E-state index contributed by atoms with van der Waals surface area (Å²) in [7, 11) is 2.98. The lowest BCUT2D eigenvalue weighted by atomic mass is 10.0. The zero-order valence-corrected chi connectivity index (χ0v) is 10.8. The van der Waals surface area contributed by atoms with Crippen molar-refractivity contribution in [3.63, 3.8) is 0 Å². The van der Waals surface area contributed by atoms with E-state index in [1.54, 1.807) is 18.2 Å². The van der Waals surface area contributed by atoms with Crippen LogP contribution < -0.4 is 15.2 Å². The van der Waals surface area contributed by atoms with Crippen molar-refractivity contribution in [3.05, 3.63) is 23.8 Å². The summed E-state index contributed by atoms with van der Waals surface area (Å²) in [5, 5.41) is 0. The average molecular weight is 275 g/mol. The summed E-state index contributed by atoms with van der Waals surface area (Å²) in [5.41, 5.74) is 5.31. The van der Waals surface area contributed by atoms with Gasteiger partial charge in [0.25, 0.3) is 0 Å². The highest BCUT2D eigenvalue weighted by molar-refractivity contribution is 5.43. The lowest BCUT2D eigenvalue weighted by Crippen LogP contribution is -2.33. The van der Waals surface area contributed by atoms with Crippen LogP contribution in [0.2, 0.25) is 0 Å². The third-order valence-electron chi connectivity index (χ3n) is 3.49. The number of ether oxygens (including phenoxy) is 2. The van der Waals surface area contributed by atoms with Gasteiger partial charge < -0.3 is 15.2 Å². The molecule has 19 heavy (non-hydrogen) atoms.